The van der Waals surface area contributed by atoms with E-state index in [2.05, 4.69) is 5.32 Å². The lowest BCUT2D eigenvalue weighted by Crippen LogP contribution is -2.27. The number of hydrogen-bond donors (Lipinski definition) is 2. The van der Waals surface area contributed by atoms with E-state index in [9.17, 15) is 4.79 Å². The molecule has 2 N–H and O–H groups in total. The smallest absolute Gasteiger partial charge is 0.220 e. The molecule has 1 aromatic carbocycles. The van der Waals surface area contributed by atoms with Gasteiger partial charge < -0.3 is 15.2 Å². The van der Waals surface area contributed by atoms with Gasteiger partial charge in [-0.15, -0.1) is 0 Å². The number of hydrogen-bond acceptors (Lipinski definition) is 3. The minimum atomic E-state index is 0.00936. The summed E-state index contributed by atoms with van der Waals surface area (Å²) in [5.41, 5.74) is 0. The van der Waals surface area contributed by atoms with Crippen LogP contribution in [0.15, 0.2) is 30.3 Å². The molecule has 0 aliphatic carbocycles. The molecular weight excluding hydrogens is 218 g/mol. The monoisotopic (exact) mass is 237 g/mol. The first-order valence-electron chi connectivity index (χ1n) is 5.88. The van der Waals surface area contributed by atoms with E-state index in [-0.39, 0.29) is 12.5 Å². The van der Waals surface area contributed by atoms with Gasteiger partial charge in [-0.1, -0.05) is 18.2 Å². The highest BCUT2D eigenvalue weighted by Gasteiger charge is 1.99. The Bertz CT molecular complexity index is 314. The van der Waals surface area contributed by atoms with Crippen LogP contribution in [0.1, 0.15) is 19.3 Å². The summed E-state index contributed by atoms with van der Waals surface area (Å²) in [6.07, 6.45) is 1.86. The number of unbranched alkanes of at least 4 members (excludes halogenated alkanes) is 1. The molecule has 94 valence electrons. The van der Waals surface area contributed by atoms with E-state index in [0.717, 1.165) is 12.2 Å². The van der Waals surface area contributed by atoms with E-state index in [1.807, 2.05) is 30.3 Å². The number of nitrogens with one attached hydrogen (secondary N) is 1. The summed E-state index contributed by atoms with van der Waals surface area (Å²) in [7, 11) is 0. The van der Waals surface area contributed by atoms with Gasteiger partial charge in [0.2, 0.25) is 5.91 Å². The third kappa shape index (κ3) is 6.58. The van der Waals surface area contributed by atoms with Crippen molar-refractivity contribution in [1.29, 1.82) is 0 Å². The van der Waals surface area contributed by atoms with E-state index in [4.69, 9.17) is 9.84 Å². The van der Waals surface area contributed by atoms with Gasteiger partial charge in [0.25, 0.3) is 0 Å². The molecule has 4 heteroatoms. The molecule has 0 bridgehead atoms. The van der Waals surface area contributed by atoms with E-state index < -0.39 is 0 Å². The van der Waals surface area contributed by atoms with Crippen molar-refractivity contribution in [2.24, 2.45) is 0 Å². The van der Waals surface area contributed by atoms with Crippen molar-refractivity contribution in [1.82, 2.24) is 5.32 Å². The fourth-order valence-electron chi connectivity index (χ4n) is 1.36. The van der Waals surface area contributed by atoms with Crippen LogP contribution in [0, 0.1) is 0 Å². The second-order valence-corrected chi connectivity index (χ2v) is 3.69. The van der Waals surface area contributed by atoms with Crippen LogP contribution in [0.5, 0.6) is 5.75 Å². The molecule has 0 saturated heterocycles. The molecule has 0 aliphatic rings. The quantitative estimate of drug-likeness (QED) is 0.671. The summed E-state index contributed by atoms with van der Waals surface area (Å²) in [6, 6.07) is 9.49. The molecule has 0 saturated carbocycles. The fraction of sp³-hybridized carbons (Fsp3) is 0.462. The third-order valence-electron chi connectivity index (χ3n) is 2.25. The number of amides is 1. The fourth-order valence-corrected chi connectivity index (χ4v) is 1.36. The van der Waals surface area contributed by atoms with Gasteiger partial charge >= 0.3 is 0 Å². The maximum atomic E-state index is 11.3. The molecule has 0 spiro atoms. The highest BCUT2D eigenvalue weighted by Crippen LogP contribution is 2.07. The summed E-state index contributed by atoms with van der Waals surface area (Å²) >= 11 is 0. The Morgan fingerprint density at radius 2 is 2.00 bits per heavy atom. The third-order valence-corrected chi connectivity index (χ3v) is 2.25. The predicted octanol–water partition coefficient (Wildman–Crippen LogP) is 1.34. The summed E-state index contributed by atoms with van der Waals surface area (Å²) in [5.74, 6) is 0.817. The summed E-state index contributed by atoms with van der Waals surface area (Å²) in [4.78, 5) is 11.3. The van der Waals surface area contributed by atoms with Crippen LogP contribution < -0.4 is 10.1 Å². The number of aliphatic hydroxyl groups excluding tert-OH is 1. The van der Waals surface area contributed by atoms with Crippen molar-refractivity contribution in [3.8, 4) is 5.75 Å². The lowest BCUT2D eigenvalue weighted by molar-refractivity contribution is -0.121. The average molecular weight is 237 g/mol. The second-order valence-electron chi connectivity index (χ2n) is 3.69. The van der Waals surface area contributed by atoms with Crippen LogP contribution in [0.2, 0.25) is 0 Å². The van der Waals surface area contributed by atoms with Crippen molar-refractivity contribution < 1.29 is 14.6 Å². The number of carbonyl (C=O) groups is 1. The number of ether oxygens (including phenoxy) is 1. The zero-order valence-electron chi connectivity index (χ0n) is 9.89. The highest BCUT2D eigenvalue weighted by atomic mass is 16.5. The van der Waals surface area contributed by atoms with Gasteiger partial charge in [0.15, 0.2) is 0 Å². The molecule has 1 amide bonds. The first-order chi connectivity index (χ1) is 8.33. The van der Waals surface area contributed by atoms with Gasteiger partial charge in [-0.05, 0) is 25.0 Å². The van der Waals surface area contributed by atoms with Gasteiger partial charge in [-0.3, -0.25) is 4.79 Å². The molecule has 1 rings (SSSR count). The van der Waals surface area contributed by atoms with E-state index in [0.29, 0.717) is 26.0 Å². The van der Waals surface area contributed by atoms with Crippen molar-refractivity contribution in [3.05, 3.63) is 30.3 Å². The highest BCUT2D eigenvalue weighted by molar-refractivity contribution is 5.75. The number of aliphatic hydroxyl groups is 1. The minimum Gasteiger partial charge on any atom is -0.492 e. The van der Waals surface area contributed by atoms with Crippen molar-refractivity contribution in [3.63, 3.8) is 0 Å². The molecule has 1 aromatic rings. The number of rotatable bonds is 8. The molecule has 0 aliphatic heterocycles. The second kappa shape index (κ2) is 8.58. The molecule has 17 heavy (non-hydrogen) atoms. The first-order valence-corrected chi connectivity index (χ1v) is 5.88. The Morgan fingerprint density at radius 3 is 2.71 bits per heavy atom. The van der Waals surface area contributed by atoms with Crippen LogP contribution in [0.3, 0.4) is 0 Å². The molecule has 0 unspecified atom stereocenters. The summed E-state index contributed by atoms with van der Waals surface area (Å²) in [5, 5.41) is 11.3. The van der Waals surface area contributed by atoms with Crippen LogP contribution in [-0.2, 0) is 4.79 Å². The predicted molar refractivity (Wildman–Crippen MR) is 65.9 cm³/mol. The van der Waals surface area contributed by atoms with Gasteiger partial charge in [-0.2, -0.15) is 0 Å². The van der Waals surface area contributed by atoms with Crippen molar-refractivity contribution in [2.45, 2.75) is 19.3 Å². The Balaban J connectivity index is 2.02. The minimum absolute atomic E-state index is 0.00936. The number of para-hydroxylation sites is 1. The lowest BCUT2D eigenvalue weighted by Gasteiger charge is -2.07. The maximum absolute atomic E-state index is 11.3. The van der Waals surface area contributed by atoms with Gasteiger partial charge in [-0.25, -0.2) is 0 Å². The number of benzene rings is 1. The molecule has 0 atom stereocenters. The zero-order chi connectivity index (χ0) is 12.3. The van der Waals surface area contributed by atoms with Gasteiger partial charge in [0.05, 0.1) is 6.54 Å². The maximum Gasteiger partial charge on any atom is 0.220 e. The Kier molecular flexibility index (Phi) is 6.82. The van der Waals surface area contributed by atoms with Crippen LogP contribution in [-0.4, -0.2) is 30.8 Å². The Labute approximate surface area is 102 Å². The van der Waals surface area contributed by atoms with Crippen LogP contribution in [0.25, 0.3) is 0 Å². The average Bonchev–Trinajstić information content (AvgIpc) is 2.36. The number of carbonyl (C=O) groups excluding carboxylic acids is 1. The topological polar surface area (TPSA) is 58.6 Å². The van der Waals surface area contributed by atoms with Crippen molar-refractivity contribution in [2.75, 3.05) is 19.8 Å². The van der Waals surface area contributed by atoms with E-state index in [1.165, 1.54) is 0 Å². The van der Waals surface area contributed by atoms with Crippen LogP contribution >= 0.6 is 0 Å². The zero-order valence-corrected chi connectivity index (χ0v) is 9.89. The Hall–Kier alpha value is -1.55. The van der Waals surface area contributed by atoms with E-state index >= 15 is 0 Å². The van der Waals surface area contributed by atoms with Crippen molar-refractivity contribution >= 4 is 5.91 Å². The summed E-state index contributed by atoms with van der Waals surface area (Å²) < 4.78 is 5.43. The Morgan fingerprint density at radius 1 is 1.24 bits per heavy atom. The molecular formula is C13H19NO3. The standard InChI is InChI=1S/C13H19NO3/c15-10-5-4-8-13(16)14-9-11-17-12-6-2-1-3-7-12/h1-3,6-7,15H,4-5,8-11H2,(H,14,16). The molecule has 0 radical (unpaired) electrons. The van der Waals surface area contributed by atoms with Gasteiger partial charge in [0, 0.05) is 13.0 Å². The molecule has 4 nitrogen and oxygen atoms in total. The molecule has 0 fully saturated rings. The molecule has 0 aromatic heterocycles. The molecule has 0 heterocycles. The van der Waals surface area contributed by atoms with Gasteiger partial charge in [0.1, 0.15) is 12.4 Å². The van der Waals surface area contributed by atoms with Crippen LogP contribution in [0.4, 0.5) is 0 Å². The normalized spacial score (nSPS) is 9.94. The van der Waals surface area contributed by atoms with E-state index in [1.54, 1.807) is 0 Å². The summed E-state index contributed by atoms with van der Waals surface area (Å²) in [6.45, 7) is 1.12. The SMILES string of the molecule is O=C(CCCCO)NCCOc1ccccc1. The largest absolute Gasteiger partial charge is 0.492 e. The lowest BCUT2D eigenvalue weighted by atomic mass is 10.2. The first kappa shape index (κ1) is 13.5.